The minimum Gasteiger partial charge on any atom is -0.341 e. The van der Waals surface area contributed by atoms with E-state index in [0.29, 0.717) is 30.6 Å². The first-order valence-corrected chi connectivity index (χ1v) is 9.00. The molecule has 0 saturated carbocycles. The van der Waals surface area contributed by atoms with Crippen LogP contribution in [0.2, 0.25) is 0 Å². The van der Waals surface area contributed by atoms with Crippen molar-refractivity contribution >= 4 is 18.3 Å². The van der Waals surface area contributed by atoms with Gasteiger partial charge >= 0.3 is 0 Å². The second-order valence-electron chi connectivity index (χ2n) is 6.99. The lowest BCUT2D eigenvalue weighted by molar-refractivity contribution is -0.131. The van der Waals surface area contributed by atoms with Gasteiger partial charge in [-0.25, -0.2) is 0 Å². The first kappa shape index (κ1) is 20.4. The highest BCUT2D eigenvalue weighted by Gasteiger charge is 2.21. The highest BCUT2D eigenvalue weighted by molar-refractivity contribution is 5.85. The number of carbonyl (C=O) groups excluding carboxylic acids is 1. The van der Waals surface area contributed by atoms with Gasteiger partial charge in [0.2, 0.25) is 5.91 Å². The summed E-state index contributed by atoms with van der Waals surface area (Å²) in [6.45, 7) is 8.23. The average molecular weight is 379 g/mol. The standard InChI is InChI=1S/C19H26N4O2.ClH/c1-15(2)13-18(24)23-10-6-9-22(11-12-23)14-17-20-19(25-21-17)16-7-4-3-5-8-16;/h3-5,7-8,15H,6,9-14H2,1-2H3;1H. The summed E-state index contributed by atoms with van der Waals surface area (Å²) in [6.07, 6.45) is 1.61. The number of carbonyl (C=O) groups is 1. The molecule has 0 atom stereocenters. The van der Waals surface area contributed by atoms with E-state index in [1.807, 2.05) is 35.2 Å². The molecule has 0 spiro atoms. The molecule has 26 heavy (non-hydrogen) atoms. The number of rotatable bonds is 5. The number of hydrogen-bond acceptors (Lipinski definition) is 5. The van der Waals surface area contributed by atoms with Crippen LogP contribution in [0.5, 0.6) is 0 Å². The van der Waals surface area contributed by atoms with Crippen LogP contribution in [-0.2, 0) is 11.3 Å². The van der Waals surface area contributed by atoms with E-state index >= 15 is 0 Å². The Hall–Kier alpha value is -1.92. The summed E-state index contributed by atoms with van der Waals surface area (Å²) in [5.41, 5.74) is 0.933. The summed E-state index contributed by atoms with van der Waals surface area (Å²) in [5, 5.41) is 4.10. The van der Waals surface area contributed by atoms with Gasteiger partial charge in [0.05, 0.1) is 6.54 Å². The van der Waals surface area contributed by atoms with Crippen LogP contribution in [-0.4, -0.2) is 52.0 Å². The van der Waals surface area contributed by atoms with Crippen LogP contribution in [0.1, 0.15) is 32.5 Å². The fraction of sp³-hybridized carbons (Fsp3) is 0.526. The van der Waals surface area contributed by atoms with E-state index in [9.17, 15) is 4.79 Å². The number of hydrogen-bond donors (Lipinski definition) is 0. The zero-order valence-electron chi connectivity index (χ0n) is 15.4. The zero-order chi connectivity index (χ0) is 17.6. The lowest BCUT2D eigenvalue weighted by Gasteiger charge is -2.22. The van der Waals surface area contributed by atoms with E-state index in [1.54, 1.807) is 0 Å². The van der Waals surface area contributed by atoms with E-state index in [1.165, 1.54) is 0 Å². The molecule has 6 nitrogen and oxygen atoms in total. The van der Waals surface area contributed by atoms with Gasteiger partial charge in [-0.2, -0.15) is 4.98 Å². The second kappa shape index (κ2) is 9.69. The van der Waals surface area contributed by atoms with Crippen LogP contribution >= 0.6 is 12.4 Å². The van der Waals surface area contributed by atoms with Gasteiger partial charge in [0, 0.05) is 38.2 Å². The Morgan fingerprint density at radius 1 is 1.15 bits per heavy atom. The summed E-state index contributed by atoms with van der Waals surface area (Å²) >= 11 is 0. The minimum atomic E-state index is 0. The third-order valence-corrected chi connectivity index (χ3v) is 4.38. The van der Waals surface area contributed by atoms with Crippen LogP contribution in [0.25, 0.3) is 11.5 Å². The predicted octanol–water partition coefficient (Wildman–Crippen LogP) is 3.24. The van der Waals surface area contributed by atoms with Crippen molar-refractivity contribution in [3.63, 3.8) is 0 Å². The monoisotopic (exact) mass is 378 g/mol. The summed E-state index contributed by atoms with van der Waals surface area (Å²) in [7, 11) is 0. The van der Waals surface area contributed by atoms with E-state index in [0.717, 1.165) is 38.2 Å². The van der Waals surface area contributed by atoms with Crippen LogP contribution in [0, 0.1) is 5.92 Å². The molecule has 1 aliphatic rings. The third-order valence-electron chi connectivity index (χ3n) is 4.38. The molecular weight excluding hydrogens is 352 g/mol. The fourth-order valence-electron chi connectivity index (χ4n) is 3.07. The average Bonchev–Trinajstić information content (AvgIpc) is 2.93. The topological polar surface area (TPSA) is 62.5 Å². The van der Waals surface area contributed by atoms with Crippen molar-refractivity contribution in [2.75, 3.05) is 26.2 Å². The van der Waals surface area contributed by atoms with Crippen molar-refractivity contribution in [1.29, 1.82) is 0 Å². The largest absolute Gasteiger partial charge is 0.341 e. The number of halogens is 1. The van der Waals surface area contributed by atoms with E-state index in [4.69, 9.17) is 4.52 Å². The van der Waals surface area contributed by atoms with Crippen molar-refractivity contribution < 1.29 is 9.32 Å². The summed E-state index contributed by atoms with van der Waals surface area (Å²) in [5.74, 6) is 1.92. The molecule has 0 aliphatic carbocycles. The molecule has 1 fully saturated rings. The molecule has 0 radical (unpaired) electrons. The molecule has 1 aromatic heterocycles. The summed E-state index contributed by atoms with van der Waals surface area (Å²) < 4.78 is 5.37. The SMILES string of the molecule is CC(C)CC(=O)N1CCCN(Cc2noc(-c3ccccc3)n2)CC1.Cl. The van der Waals surface area contributed by atoms with Crippen LogP contribution in [0.15, 0.2) is 34.9 Å². The Morgan fingerprint density at radius 2 is 1.92 bits per heavy atom. The molecule has 0 unspecified atom stereocenters. The smallest absolute Gasteiger partial charge is 0.257 e. The Labute approximate surface area is 161 Å². The van der Waals surface area contributed by atoms with Gasteiger partial charge in [-0.3, -0.25) is 9.69 Å². The number of benzene rings is 1. The summed E-state index contributed by atoms with van der Waals surface area (Å²) in [4.78, 5) is 21.0. The van der Waals surface area contributed by atoms with Crippen molar-refractivity contribution in [3.05, 3.63) is 36.2 Å². The predicted molar refractivity (Wildman–Crippen MR) is 103 cm³/mol. The first-order chi connectivity index (χ1) is 12.1. The molecular formula is C19H27ClN4O2. The molecule has 0 bridgehead atoms. The number of amides is 1. The van der Waals surface area contributed by atoms with Crippen molar-refractivity contribution in [2.45, 2.75) is 33.2 Å². The molecule has 1 saturated heterocycles. The van der Waals surface area contributed by atoms with Gasteiger partial charge < -0.3 is 9.42 Å². The van der Waals surface area contributed by atoms with Gasteiger partial charge in [0.25, 0.3) is 5.89 Å². The van der Waals surface area contributed by atoms with Crippen LogP contribution in [0.3, 0.4) is 0 Å². The zero-order valence-corrected chi connectivity index (χ0v) is 16.2. The minimum absolute atomic E-state index is 0. The second-order valence-corrected chi connectivity index (χ2v) is 6.99. The van der Waals surface area contributed by atoms with E-state index in [2.05, 4.69) is 28.9 Å². The molecule has 3 rings (SSSR count). The van der Waals surface area contributed by atoms with Gasteiger partial charge in [-0.1, -0.05) is 37.2 Å². The molecule has 7 heteroatoms. The maximum absolute atomic E-state index is 12.3. The van der Waals surface area contributed by atoms with Gasteiger partial charge in [-0.05, 0) is 24.5 Å². The molecule has 0 N–H and O–H groups in total. The third kappa shape index (κ3) is 5.54. The van der Waals surface area contributed by atoms with Gasteiger partial charge in [0.15, 0.2) is 5.82 Å². The maximum atomic E-state index is 12.3. The maximum Gasteiger partial charge on any atom is 0.257 e. The molecule has 1 amide bonds. The van der Waals surface area contributed by atoms with Gasteiger partial charge in [-0.15, -0.1) is 12.4 Å². The Morgan fingerprint density at radius 3 is 2.65 bits per heavy atom. The van der Waals surface area contributed by atoms with Crippen LogP contribution in [0.4, 0.5) is 0 Å². The van der Waals surface area contributed by atoms with Crippen molar-refractivity contribution in [3.8, 4) is 11.5 Å². The van der Waals surface area contributed by atoms with E-state index in [-0.39, 0.29) is 18.3 Å². The number of nitrogens with zero attached hydrogens (tertiary/aromatic N) is 4. The summed E-state index contributed by atoms with van der Waals surface area (Å²) in [6, 6.07) is 9.79. The molecule has 142 valence electrons. The highest BCUT2D eigenvalue weighted by Crippen LogP contribution is 2.17. The van der Waals surface area contributed by atoms with Crippen molar-refractivity contribution in [2.24, 2.45) is 5.92 Å². The lowest BCUT2D eigenvalue weighted by Crippen LogP contribution is -2.35. The number of aromatic nitrogens is 2. The molecule has 1 aliphatic heterocycles. The van der Waals surface area contributed by atoms with Crippen LogP contribution < -0.4 is 0 Å². The lowest BCUT2D eigenvalue weighted by atomic mass is 10.1. The Kier molecular flexibility index (Phi) is 7.60. The van der Waals surface area contributed by atoms with Gasteiger partial charge in [0.1, 0.15) is 0 Å². The molecule has 1 aromatic carbocycles. The van der Waals surface area contributed by atoms with E-state index < -0.39 is 0 Å². The quantitative estimate of drug-likeness (QED) is 0.799. The van der Waals surface area contributed by atoms with Crippen molar-refractivity contribution in [1.82, 2.24) is 19.9 Å². The fourth-order valence-corrected chi connectivity index (χ4v) is 3.07. The highest BCUT2D eigenvalue weighted by atomic mass is 35.5. The molecule has 2 aromatic rings. The Bertz CT molecular complexity index is 690. The Balaban J connectivity index is 0.00000243. The normalized spacial score (nSPS) is 15.6. The molecule has 2 heterocycles. The first-order valence-electron chi connectivity index (χ1n) is 9.00.